The predicted octanol–water partition coefficient (Wildman–Crippen LogP) is 18.7. The smallest absolute Gasteiger partial charge is 0.235 e. The van der Waals surface area contributed by atoms with Crippen LogP contribution in [-0.4, -0.2) is 23.7 Å². The zero-order chi connectivity index (χ0) is 51.6. The summed E-state index contributed by atoms with van der Waals surface area (Å²) in [4.78, 5) is 10.9. The molecule has 5 heteroatoms. The average molecular weight is 996 g/mol. The minimum Gasteiger partial charge on any atom is -0.309 e. The van der Waals surface area contributed by atoms with Crippen molar-refractivity contribution >= 4 is 65.4 Å². The highest BCUT2D eigenvalue weighted by Crippen LogP contribution is 2.51. The lowest BCUT2D eigenvalue weighted by Gasteiger charge is -2.21. The zero-order valence-electron chi connectivity index (χ0n) is 43.1. The number of benzene rings is 11. The summed E-state index contributed by atoms with van der Waals surface area (Å²) in [5.74, 6) is 0.642. The molecule has 4 heterocycles. The van der Waals surface area contributed by atoms with Crippen LogP contribution >= 0.6 is 0 Å². The van der Waals surface area contributed by atoms with Gasteiger partial charge in [0.15, 0.2) is 0 Å². The van der Waals surface area contributed by atoms with Crippen molar-refractivity contribution in [1.29, 1.82) is 0 Å². The number of fused-ring (bicyclic) bond motifs is 12. The first-order chi connectivity index (χ1) is 38.4. The molecule has 16 rings (SSSR count). The lowest BCUT2D eigenvalue weighted by Crippen LogP contribution is -2.15. The summed E-state index contributed by atoms with van der Waals surface area (Å²) in [6.07, 6.45) is 0. The lowest BCUT2D eigenvalue weighted by molar-refractivity contribution is 0.661. The minimum atomic E-state index is -0.196. The highest BCUT2D eigenvalue weighted by Gasteiger charge is 2.36. The van der Waals surface area contributed by atoms with E-state index in [1.165, 1.54) is 76.9 Å². The van der Waals surface area contributed by atoms with Crippen LogP contribution in [0.1, 0.15) is 25.0 Å². The third kappa shape index (κ3) is 6.68. The molecule has 0 amide bonds. The fourth-order valence-electron chi connectivity index (χ4n) is 12.9. The molecule has 1 aliphatic carbocycles. The van der Waals surface area contributed by atoms with Crippen LogP contribution in [0.4, 0.5) is 0 Å². The van der Waals surface area contributed by atoms with Gasteiger partial charge in [-0.3, -0.25) is 4.57 Å². The molecule has 0 atom stereocenters. The van der Waals surface area contributed by atoms with Crippen LogP contribution in [0, 0.1) is 0 Å². The Balaban J connectivity index is 0.904. The van der Waals surface area contributed by atoms with E-state index in [4.69, 9.17) is 9.97 Å². The molecule has 11 aromatic carbocycles. The Kier molecular flexibility index (Phi) is 9.61. The molecule has 0 saturated heterocycles. The molecular weight excluding hydrogens is 947 g/mol. The van der Waals surface area contributed by atoms with Gasteiger partial charge >= 0.3 is 0 Å². The van der Waals surface area contributed by atoms with E-state index in [0.717, 1.165) is 67.0 Å². The van der Waals surface area contributed by atoms with E-state index in [1.807, 2.05) is 0 Å². The minimum absolute atomic E-state index is 0.196. The fraction of sp³-hybridized carbons (Fsp3) is 0.0411. The molecule has 0 aliphatic heterocycles. The summed E-state index contributed by atoms with van der Waals surface area (Å²) < 4.78 is 7.10. The summed E-state index contributed by atoms with van der Waals surface area (Å²) >= 11 is 0. The van der Waals surface area contributed by atoms with Crippen LogP contribution in [0.15, 0.2) is 261 Å². The Morgan fingerprint density at radius 3 is 1.18 bits per heavy atom. The predicted molar refractivity (Wildman–Crippen MR) is 324 cm³/mol. The van der Waals surface area contributed by atoms with Gasteiger partial charge < -0.3 is 9.13 Å². The summed E-state index contributed by atoms with van der Waals surface area (Å²) in [5.41, 5.74) is 22.7. The van der Waals surface area contributed by atoms with Crippen LogP contribution in [0.2, 0.25) is 0 Å². The van der Waals surface area contributed by atoms with Gasteiger partial charge in [0.1, 0.15) is 0 Å². The highest BCUT2D eigenvalue weighted by molar-refractivity contribution is 6.15. The van der Waals surface area contributed by atoms with Crippen molar-refractivity contribution in [1.82, 2.24) is 23.7 Å². The molecule has 0 bridgehead atoms. The molecule has 1 aliphatic rings. The van der Waals surface area contributed by atoms with Gasteiger partial charge in [0.2, 0.25) is 5.95 Å². The summed E-state index contributed by atoms with van der Waals surface area (Å²) in [7, 11) is 0. The third-order valence-electron chi connectivity index (χ3n) is 16.7. The fourth-order valence-corrected chi connectivity index (χ4v) is 12.9. The number of aromatic nitrogens is 5. The van der Waals surface area contributed by atoms with E-state index in [9.17, 15) is 0 Å². The third-order valence-corrected chi connectivity index (χ3v) is 16.7. The first-order valence-electron chi connectivity index (χ1n) is 26.9. The molecular formula is C73H49N5. The van der Waals surface area contributed by atoms with Crippen molar-refractivity contribution in [3.8, 4) is 73.2 Å². The Morgan fingerprint density at radius 2 is 0.667 bits per heavy atom. The molecule has 0 fully saturated rings. The number of hydrogen-bond donors (Lipinski definition) is 0. The van der Waals surface area contributed by atoms with Crippen LogP contribution in [-0.2, 0) is 5.41 Å². The van der Waals surface area contributed by atoms with E-state index in [2.05, 4.69) is 288 Å². The van der Waals surface area contributed by atoms with Crippen molar-refractivity contribution in [2.75, 3.05) is 0 Å². The van der Waals surface area contributed by atoms with Gasteiger partial charge in [0.25, 0.3) is 0 Å². The maximum Gasteiger partial charge on any atom is 0.235 e. The molecule has 0 radical (unpaired) electrons. The van der Waals surface area contributed by atoms with E-state index in [1.54, 1.807) is 0 Å². The second-order valence-electron chi connectivity index (χ2n) is 21.4. The SMILES string of the molecule is CC1(C)c2ccccc2-c2cc3c4cc(-c5ccc6c(c5)c5cc(-c7ccc8c(c7)c7ccccc7n8-c7ccccc7)ccc5n6-c5ccccc5)ccc4n(-c4nc(-c5ccccc5)cc(-c5ccccc5)n4)c3cc21. The molecule has 15 aromatic rings. The molecule has 0 spiro atoms. The van der Waals surface area contributed by atoms with Crippen molar-refractivity contribution in [3.05, 3.63) is 272 Å². The summed E-state index contributed by atoms with van der Waals surface area (Å²) in [6, 6.07) is 95.0. The standard InChI is InChI=1S/C73H49N5/c1-73(2)62-29-17-15-27-54(62)56-43-61-60-42-51(34-38-70(60)78(71(61)44-63(56)73)72-74-64(46-19-7-3-8-20-46)45-65(75-72)47-21-9-4-10-22-47)50-33-37-69-59(41-50)58-40-49(32-36-68(58)77(69)53-25-13-6-14-26-53)48-31-35-67-57(39-48)55-28-16-18-30-66(55)76(67)52-23-11-5-12-24-52/h3-45H,1-2H3. The van der Waals surface area contributed by atoms with Gasteiger partial charge in [-0.15, -0.1) is 0 Å². The second-order valence-corrected chi connectivity index (χ2v) is 21.4. The van der Waals surface area contributed by atoms with Crippen molar-refractivity contribution in [3.63, 3.8) is 0 Å². The van der Waals surface area contributed by atoms with E-state index in [0.29, 0.717) is 5.95 Å². The van der Waals surface area contributed by atoms with Gasteiger partial charge in [0, 0.05) is 60.2 Å². The molecule has 366 valence electrons. The number of nitrogens with zero attached hydrogens (tertiary/aromatic N) is 5. The summed E-state index contributed by atoms with van der Waals surface area (Å²) in [6.45, 7) is 4.71. The molecule has 4 aromatic heterocycles. The van der Waals surface area contributed by atoms with Crippen LogP contribution < -0.4 is 0 Å². The maximum atomic E-state index is 5.43. The molecule has 0 unspecified atom stereocenters. The highest BCUT2D eigenvalue weighted by atomic mass is 15.2. The zero-order valence-corrected chi connectivity index (χ0v) is 43.1. The lowest BCUT2D eigenvalue weighted by atomic mass is 9.82. The number of rotatable bonds is 7. The van der Waals surface area contributed by atoms with Gasteiger partial charge in [-0.25, -0.2) is 9.97 Å². The van der Waals surface area contributed by atoms with Crippen LogP contribution in [0.5, 0.6) is 0 Å². The Labute approximate surface area is 451 Å². The van der Waals surface area contributed by atoms with Crippen molar-refractivity contribution in [2.24, 2.45) is 0 Å². The topological polar surface area (TPSA) is 40.6 Å². The molecule has 0 N–H and O–H groups in total. The van der Waals surface area contributed by atoms with Crippen LogP contribution in [0.25, 0.3) is 139 Å². The average Bonchev–Trinajstić information content (AvgIpc) is 4.24. The molecule has 0 saturated carbocycles. The Morgan fingerprint density at radius 1 is 0.269 bits per heavy atom. The monoisotopic (exact) mass is 995 g/mol. The van der Waals surface area contributed by atoms with Crippen LogP contribution in [0.3, 0.4) is 0 Å². The summed E-state index contributed by atoms with van der Waals surface area (Å²) in [5, 5.41) is 7.22. The van der Waals surface area contributed by atoms with E-state index in [-0.39, 0.29) is 5.41 Å². The van der Waals surface area contributed by atoms with Gasteiger partial charge in [0.05, 0.1) is 44.5 Å². The van der Waals surface area contributed by atoms with Gasteiger partial charge in [-0.1, -0.05) is 178 Å². The number of para-hydroxylation sites is 3. The van der Waals surface area contributed by atoms with Gasteiger partial charge in [-0.2, -0.15) is 0 Å². The number of hydrogen-bond acceptors (Lipinski definition) is 2. The maximum absolute atomic E-state index is 5.43. The Bertz CT molecular complexity index is 4850. The first-order valence-corrected chi connectivity index (χ1v) is 26.9. The second kappa shape index (κ2) is 17.0. The van der Waals surface area contributed by atoms with E-state index >= 15 is 0 Å². The molecule has 78 heavy (non-hydrogen) atoms. The first kappa shape index (κ1) is 44.2. The quantitative estimate of drug-likeness (QED) is 0.160. The van der Waals surface area contributed by atoms with Gasteiger partial charge in [-0.05, 0) is 142 Å². The van der Waals surface area contributed by atoms with E-state index < -0.39 is 0 Å². The largest absolute Gasteiger partial charge is 0.309 e. The normalized spacial score (nSPS) is 12.8. The Hall–Kier alpha value is -10.1. The van der Waals surface area contributed by atoms with Crippen molar-refractivity contribution < 1.29 is 0 Å². The van der Waals surface area contributed by atoms with Crippen molar-refractivity contribution in [2.45, 2.75) is 19.3 Å². The molecule has 5 nitrogen and oxygen atoms in total.